The summed E-state index contributed by atoms with van der Waals surface area (Å²) in [5.41, 5.74) is 0.0950. The van der Waals surface area contributed by atoms with Gasteiger partial charge in [0.05, 0.1) is 28.1 Å². The first-order valence-electron chi connectivity index (χ1n) is 10.7. The van der Waals surface area contributed by atoms with Crippen molar-refractivity contribution < 1.29 is 22.0 Å². The van der Waals surface area contributed by atoms with E-state index >= 15 is 0 Å². The number of halogens is 5. The highest BCUT2D eigenvalue weighted by Crippen LogP contribution is 2.45. The van der Waals surface area contributed by atoms with Crippen molar-refractivity contribution in [3.63, 3.8) is 0 Å². The van der Waals surface area contributed by atoms with Crippen LogP contribution >= 0.6 is 0 Å². The molecule has 0 bridgehead atoms. The minimum absolute atomic E-state index is 0.0781. The van der Waals surface area contributed by atoms with Gasteiger partial charge in [0.2, 0.25) is 11.9 Å². The number of nitrogens with zero attached hydrogens (tertiary/aromatic N) is 5. The van der Waals surface area contributed by atoms with Gasteiger partial charge in [-0.05, 0) is 55.3 Å². The number of alkyl halides is 3. The monoisotopic (exact) mass is 471 g/mol. The molecule has 0 radical (unpaired) electrons. The Balaban J connectivity index is 1.57. The van der Waals surface area contributed by atoms with E-state index in [4.69, 9.17) is 0 Å². The molecule has 1 fully saturated rings. The summed E-state index contributed by atoms with van der Waals surface area (Å²) < 4.78 is 67.6. The average Bonchev–Trinajstić information content (AvgIpc) is 3.50. The average molecular weight is 471 g/mol. The van der Waals surface area contributed by atoms with Gasteiger partial charge in [0, 0.05) is 6.20 Å². The molecule has 1 aliphatic rings. The lowest BCUT2D eigenvalue weighted by atomic mass is 9.78. The fraction of sp³-hybridized carbons (Fsp3) is 0.250. The second-order valence-corrected chi connectivity index (χ2v) is 8.19. The summed E-state index contributed by atoms with van der Waals surface area (Å²) in [5, 5.41) is 3.62. The Kier molecular flexibility index (Phi) is 5.38. The lowest BCUT2D eigenvalue weighted by Crippen LogP contribution is -2.27. The summed E-state index contributed by atoms with van der Waals surface area (Å²) in [4.78, 5) is 12.6. The highest BCUT2D eigenvalue weighted by Gasteiger charge is 2.40. The molecular weight excluding hydrogens is 453 g/mol. The largest absolute Gasteiger partial charge is 0.435 e. The molecule has 174 valence electrons. The summed E-state index contributed by atoms with van der Waals surface area (Å²) in [5.74, 6) is -1.62. The quantitative estimate of drug-likeness (QED) is 0.276. The van der Waals surface area contributed by atoms with Gasteiger partial charge in [-0.1, -0.05) is 25.0 Å². The minimum Gasteiger partial charge on any atom is -0.252 e. The summed E-state index contributed by atoms with van der Waals surface area (Å²) in [7, 11) is 0. The van der Waals surface area contributed by atoms with Crippen molar-refractivity contribution >= 4 is 0 Å². The third-order valence-electron chi connectivity index (χ3n) is 6.13. The zero-order chi connectivity index (χ0) is 23.9. The second-order valence-electron chi connectivity index (χ2n) is 8.19. The molecule has 0 N–H and O–H groups in total. The van der Waals surface area contributed by atoms with Crippen molar-refractivity contribution in [1.82, 2.24) is 24.7 Å². The Morgan fingerprint density at radius 3 is 2.18 bits per heavy atom. The summed E-state index contributed by atoms with van der Waals surface area (Å²) in [6.45, 7) is 0. The van der Waals surface area contributed by atoms with Gasteiger partial charge < -0.3 is 0 Å². The molecule has 4 heterocycles. The van der Waals surface area contributed by atoms with E-state index < -0.39 is 29.2 Å². The van der Waals surface area contributed by atoms with Gasteiger partial charge in [0.25, 0.3) is 0 Å². The van der Waals surface area contributed by atoms with Gasteiger partial charge in [-0.25, -0.2) is 9.67 Å². The van der Waals surface area contributed by atoms with Crippen LogP contribution in [0.2, 0.25) is 0 Å². The molecule has 0 saturated heterocycles. The van der Waals surface area contributed by atoms with Gasteiger partial charge in [0.1, 0.15) is 0 Å². The lowest BCUT2D eigenvalue weighted by Gasteiger charge is -2.28. The van der Waals surface area contributed by atoms with E-state index in [-0.39, 0.29) is 11.4 Å². The SMILES string of the molecule is Fc1ccc(-c2cccc(C3(c4cccc(-n5ccc(C(F)(F)F)n5)n4)CCCC3)n2)c(F)n1. The van der Waals surface area contributed by atoms with E-state index in [0.29, 0.717) is 17.1 Å². The molecule has 1 saturated carbocycles. The van der Waals surface area contributed by atoms with Crippen LogP contribution in [-0.4, -0.2) is 24.7 Å². The predicted octanol–water partition coefficient (Wildman–Crippen LogP) is 5.88. The molecule has 4 aromatic heterocycles. The number of pyridine rings is 3. The molecule has 1 aliphatic carbocycles. The van der Waals surface area contributed by atoms with E-state index in [0.717, 1.165) is 42.5 Å². The van der Waals surface area contributed by atoms with Crippen LogP contribution in [0.4, 0.5) is 22.0 Å². The normalized spacial score (nSPS) is 15.6. The van der Waals surface area contributed by atoms with Crippen LogP contribution in [0.15, 0.2) is 60.8 Å². The maximum Gasteiger partial charge on any atom is 0.435 e. The topological polar surface area (TPSA) is 56.5 Å². The molecule has 0 spiro atoms. The molecule has 0 unspecified atom stereocenters. The number of hydrogen-bond donors (Lipinski definition) is 0. The van der Waals surface area contributed by atoms with Crippen LogP contribution < -0.4 is 0 Å². The molecule has 0 aliphatic heterocycles. The molecule has 0 atom stereocenters. The van der Waals surface area contributed by atoms with Crippen LogP contribution in [-0.2, 0) is 11.6 Å². The van der Waals surface area contributed by atoms with Crippen LogP contribution in [0.5, 0.6) is 0 Å². The minimum atomic E-state index is -4.55. The Bertz CT molecular complexity index is 1340. The Morgan fingerprint density at radius 2 is 1.50 bits per heavy atom. The molecule has 5 nitrogen and oxygen atoms in total. The highest BCUT2D eigenvalue weighted by atomic mass is 19.4. The van der Waals surface area contributed by atoms with E-state index in [1.165, 1.54) is 12.3 Å². The molecular formula is C24H18F5N5. The van der Waals surface area contributed by atoms with Crippen LogP contribution in [0.3, 0.4) is 0 Å². The maximum absolute atomic E-state index is 14.3. The Labute approximate surface area is 191 Å². The first kappa shape index (κ1) is 22.1. The Hall–Kier alpha value is -3.69. The third kappa shape index (κ3) is 3.93. The number of hydrogen-bond acceptors (Lipinski definition) is 4. The zero-order valence-electron chi connectivity index (χ0n) is 17.7. The van der Waals surface area contributed by atoms with Gasteiger partial charge in [-0.2, -0.15) is 32.0 Å². The Morgan fingerprint density at radius 1 is 0.794 bits per heavy atom. The zero-order valence-corrected chi connectivity index (χ0v) is 17.7. The summed E-state index contributed by atoms with van der Waals surface area (Å²) >= 11 is 0. The molecule has 34 heavy (non-hydrogen) atoms. The molecule has 0 amide bonds. The van der Waals surface area contributed by atoms with Crippen molar-refractivity contribution in [1.29, 1.82) is 0 Å². The first-order valence-corrected chi connectivity index (χ1v) is 10.7. The fourth-order valence-electron chi connectivity index (χ4n) is 4.50. The smallest absolute Gasteiger partial charge is 0.252 e. The van der Waals surface area contributed by atoms with E-state index in [1.807, 2.05) is 12.1 Å². The fourth-order valence-corrected chi connectivity index (χ4v) is 4.50. The molecule has 5 rings (SSSR count). The van der Waals surface area contributed by atoms with E-state index in [2.05, 4.69) is 20.1 Å². The van der Waals surface area contributed by atoms with Crippen LogP contribution in [0, 0.1) is 11.9 Å². The van der Waals surface area contributed by atoms with Crippen molar-refractivity contribution in [2.75, 3.05) is 0 Å². The van der Waals surface area contributed by atoms with Crippen LogP contribution in [0.1, 0.15) is 42.8 Å². The van der Waals surface area contributed by atoms with E-state index in [9.17, 15) is 22.0 Å². The highest BCUT2D eigenvalue weighted by molar-refractivity contribution is 5.59. The van der Waals surface area contributed by atoms with Crippen LogP contribution in [0.25, 0.3) is 17.1 Å². The van der Waals surface area contributed by atoms with E-state index in [1.54, 1.807) is 24.3 Å². The third-order valence-corrected chi connectivity index (χ3v) is 6.13. The van der Waals surface area contributed by atoms with Crippen molar-refractivity contribution in [2.45, 2.75) is 37.3 Å². The van der Waals surface area contributed by atoms with Gasteiger partial charge in [-0.15, -0.1) is 0 Å². The van der Waals surface area contributed by atoms with Crippen molar-refractivity contribution in [2.24, 2.45) is 0 Å². The first-order chi connectivity index (χ1) is 16.3. The lowest BCUT2D eigenvalue weighted by molar-refractivity contribution is -0.141. The molecule has 0 aromatic carbocycles. The predicted molar refractivity (Wildman–Crippen MR) is 113 cm³/mol. The number of rotatable bonds is 4. The maximum atomic E-state index is 14.3. The summed E-state index contributed by atoms with van der Waals surface area (Å²) in [6, 6.07) is 13.6. The summed E-state index contributed by atoms with van der Waals surface area (Å²) in [6.07, 6.45) is -0.0771. The second kappa shape index (κ2) is 8.27. The van der Waals surface area contributed by atoms with Gasteiger partial charge in [-0.3, -0.25) is 4.98 Å². The molecule has 4 aromatic rings. The van der Waals surface area contributed by atoms with Crippen molar-refractivity contribution in [3.05, 3.63) is 89.8 Å². The van der Waals surface area contributed by atoms with Gasteiger partial charge in [0.15, 0.2) is 11.5 Å². The van der Waals surface area contributed by atoms with Gasteiger partial charge >= 0.3 is 6.18 Å². The molecule has 10 heteroatoms. The van der Waals surface area contributed by atoms with Crippen molar-refractivity contribution in [3.8, 4) is 17.1 Å². The standard InChI is InChI=1S/C24H18F5N5/c25-20-10-9-15(22(26)32-20)16-5-3-6-17(30-16)23(12-1-2-13-23)18-7-4-8-21(31-18)34-14-11-19(33-34)24(27,28)29/h3-11,14H,1-2,12-13H2. The number of aromatic nitrogens is 5.